The van der Waals surface area contributed by atoms with Crippen LogP contribution in [-0.4, -0.2) is 20.0 Å². The third-order valence-electron chi connectivity index (χ3n) is 6.50. The number of nitrogens with one attached hydrogen (secondary N) is 1. The molecule has 0 atom stereocenters. The molecule has 0 aliphatic heterocycles. The third-order valence-corrected chi connectivity index (χ3v) is 6.50. The Morgan fingerprint density at radius 2 is 1.38 bits per heavy atom. The van der Waals surface area contributed by atoms with Crippen LogP contribution in [0.4, 0.5) is 0 Å². The fourth-order valence-corrected chi connectivity index (χ4v) is 4.53. The number of ketones is 1. The van der Waals surface area contributed by atoms with Crippen LogP contribution in [0, 0.1) is 11.3 Å². The smallest absolute Gasteiger partial charge is 0.202 e. The molecule has 0 unspecified atom stereocenters. The number of imidazole rings is 1. The van der Waals surface area contributed by atoms with Crippen molar-refractivity contribution >= 4 is 22.8 Å². The summed E-state index contributed by atoms with van der Waals surface area (Å²) in [6.07, 6.45) is 9.67. The molecule has 0 saturated heterocycles. The normalized spacial score (nSPS) is 12.1. The number of rotatable bonds is 10. The van der Waals surface area contributed by atoms with E-state index in [-0.39, 0.29) is 45.9 Å². The number of aromatic hydroxyl groups is 1. The second-order valence-electron chi connectivity index (χ2n) is 11.5. The average Bonchev–Trinajstić information content (AvgIpc) is 3.04. The molecule has 5 nitrogen and oxygen atoms in total. The van der Waals surface area contributed by atoms with E-state index in [4.69, 9.17) is 5.41 Å². The largest absolute Gasteiger partial charge is 0.507 e. The zero-order valence-corrected chi connectivity index (χ0v) is 24.2. The number of phenolic OH excluding ortho intramolecular Hbond substituents is 1. The van der Waals surface area contributed by atoms with Gasteiger partial charge < -0.3 is 14.2 Å². The van der Waals surface area contributed by atoms with Gasteiger partial charge in [-0.15, -0.1) is 17.0 Å². The van der Waals surface area contributed by atoms with Crippen molar-refractivity contribution in [3.63, 3.8) is 0 Å². The monoisotopic (exact) mass is 535 g/mol. The number of hydrogen-bond acceptors (Lipinski definition) is 3. The second-order valence-corrected chi connectivity index (χ2v) is 11.5. The number of halogens is 1. The molecule has 1 aromatic heterocycles. The molecular formula is C28H46BrN3O2. The molecule has 0 fully saturated rings. The van der Waals surface area contributed by atoms with Gasteiger partial charge in [0.2, 0.25) is 5.62 Å². The van der Waals surface area contributed by atoms with Crippen molar-refractivity contribution in [2.24, 2.45) is 5.92 Å². The van der Waals surface area contributed by atoms with Gasteiger partial charge in [0.15, 0.2) is 5.78 Å². The quantitative estimate of drug-likeness (QED) is 0.317. The zero-order chi connectivity index (χ0) is 25.0. The summed E-state index contributed by atoms with van der Waals surface area (Å²) in [7, 11) is 0. The molecule has 2 aromatic rings. The maximum atomic E-state index is 13.3. The highest BCUT2D eigenvalue weighted by Crippen LogP contribution is 2.39. The van der Waals surface area contributed by atoms with Crippen LogP contribution in [0.25, 0.3) is 0 Å². The Bertz CT molecular complexity index is 965. The number of phenols is 1. The van der Waals surface area contributed by atoms with Gasteiger partial charge >= 0.3 is 0 Å². The minimum Gasteiger partial charge on any atom is -0.507 e. The molecule has 0 aliphatic rings. The molecule has 1 heterocycles. The Morgan fingerprint density at radius 3 is 1.82 bits per heavy atom. The molecule has 0 aliphatic carbocycles. The van der Waals surface area contributed by atoms with E-state index in [1.165, 1.54) is 25.7 Å². The summed E-state index contributed by atoms with van der Waals surface area (Å²) in [5, 5.41) is 19.5. The lowest BCUT2D eigenvalue weighted by atomic mass is 9.78. The van der Waals surface area contributed by atoms with E-state index in [0.29, 0.717) is 17.1 Å². The molecule has 0 amide bonds. The van der Waals surface area contributed by atoms with E-state index in [0.717, 1.165) is 24.1 Å². The summed E-state index contributed by atoms with van der Waals surface area (Å²) in [6.45, 7) is 17.7. The van der Waals surface area contributed by atoms with E-state index in [2.05, 4.69) is 13.8 Å². The molecule has 192 valence electrons. The van der Waals surface area contributed by atoms with Gasteiger partial charge in [-0.1, -0.05) is 81.1 Å². The van der Waals surface area contributed by atoms with Crippen molar-refractivity contribution in [3.8, 4) is 5.75 Å². The van der Waals surface area contributed by atoms with Crippen LogP contribution in [0.15, 0.2) is 24.5 Å². The van der Waals surface area contributed by atoms with Crippen LogP contribution in [0.1, 0.15) is 109 Å². The SMILES string of the molecule is Br.CCCC(CCC)CCn1ccn(CC(=O)c2cc(C(C)(C)C)c(O)c(C(C)(C)C)c2)c1=N. The fourth-order valence-electron chi connectivity index (χ4n) is 4.53. The Labute approximate surface area is 216 Å². The molecule has 0 spiro atoms. The Morgan fingerprint density at radius 1 is 0.912 bits per heavy atom. The lowest BCUT2D eigenvalue weighted by molar-refractivity contribution is 0.0969. The topological polar surface area (TPSA) is 71.0 Å². The lowest BCUT2D eigenvalue weighted by Crippen LogP contribution is -2.28. The average molecular weight is 537 g/mol. The first kappa shape index (κ1) is 30.2. The standard InChI is InChI=1S/C28H45N3O2.BrH/c1-9-11-20(12-10-2)13-14-30-15-16-31(26(30)29)19-24(32)21-17-22(27(3,4)5)25(33)23(18-21)28(6,7)8;/h15-18,20,29,33H,9-14,19H2,1-8H3;1H. The number of carbonyl (C=O) groups excluding carboxylic acids is 1. The number of nitrogens with zero attached hydrogens (tertiary/aromatic N) is 2. The number of Topliss-reactive ketones (excluding diaryl/α,β-unsaturated/α-hetero) is 1. The molecule has 1 aromatic carbocycles. The van der Waals surface area contributed by atoms with Crippen LogP contribution in [-0.2, 0) is 23.9 Å². The lowest BCUT2D eigenvalue weighted by Gasteiger charge is -2.28. The van der Waals surface area contributed by atoms with Crippen LogP contribution >= 0.6 is 17.0 Å². The summed E-state index contributed by atoms with van der Waals surface area (Å²) >= 11 is 0. The minimum absolute atomic E-state index is 0. The highest BCUT2D eigenvalue weighted by molar-refractivity contribution is 8.93. The van der Waals surface area contributed by atoms with Crippen molar-refractivity contribution < 1.29 is 9.90 Å². The molecule has 6 heteroatoms. The van der Waals surface area contributed by atoms with E-state index >= 15 is 0 Å². The molecule has 2 rings (SSSR count). The number of aromatic nitrogens is 2. The highest BCUT2D eigenvalue weighted by atomic mass is 79.9. The van der Waals surface area contributed by atoms with Crippen LogP contribution < -0.4 is 5.62 Å². The first-order chi connectivity index (χ1) is 15.3. The van der Waals surface area contributed by atoms with Gasteiger partial charge in [0, 0.05) is 35.6 Å². The van der Waals surface area contributed by atoms with E-state index in [1.807, 2.05) is 70.6 Å². The van der Waals surface area contributed by atoms with Gasteiger partial charge in [-0.2, -0.15) is 0 Å². The fraction of sp³-hybridized carbons (Fsp3) is 0.643. The summed E-state index contributed by atoms with van der Waals surface area (Å²) in [5.74, 6) is 0.929. The van der Waals surface area contributed by atoms with Crippen molar-refractivity contribution in [1.29, 1.82) is 5.41 Å². The molecule has 0 bridgehead atoms. The Balaban J connectivity index is 0.00000578. The van der Waals surface area contributed by atoms with Gasteiger partial charge in [-0.3, -0.25) is 10.2 Å². The van der Waals surface area contributed by atoms with Gasteiger partial charge in [-0.25, -0.2) is 0 Å². The predicted molar refractivity (Wildman–Crippen MR) is 146 cm³/mol. The maximum Gasteiger partial charge on any atom is 0.202 e. The van der Waals surface area contributed by atoms with Crippen molar-refractivity contribution in [2.75, 3.05) is 0 Å². The summed E-state index contributed by atoms with van der Waals surface area (Å²) in [6, 6.07) is 3.66. The van der Waals surface area contributed by atoms with Gasteiger partial charge in [-0.05, 0) is 35.3 Å². The Kier molecular flexibility index (Phi) is 10.9. The van der Waals surface area contributed by atoms with Crippen LogP contribution in [0.5, 0.6) is 5.75 Å². The molecule has 0 radical (unpaired) electrons. The predicted octanol–water partition coefficient (Wildman–Crippen LogP) is 7.14. The molecule has 2 N–H and O–H groups in total. The molecular weight excluding hydrogens is 490 g/mol. The van der Waals surface area contributed by atoms with E-state index < -0.39 is 0 Å². The third kappa shape index (κ3) is 7.59. The number of hydrogen-bond donors (Lipinski definition) is 2. The Hall–Kier alpha value is -1.82. The highest BCUT2D eigenvalue weighted by Gasteiger charge is 2.28. The van der Waals surface area contributed by atoms with Gasteiger partial charge in [0.25, 0.3) is 0 Å². The summed E-state index contributed by atoms with van der Waals surface area (Å²) in [4.78, 5) is 13.3. The minimum atomic E-state index is -0.287. The maximum absolute atomic E-state index is 13.3. The van der Waals surface area contributed by atoms with Gasteiger partial charge in [0.05, 0.1) is 6.54 Å². The van der Waals surface area contributed by atoms with E-state index in [9.17, 15) is 9.90 Å². The first-order valence-electron chi connectivity index (χ1n) is 12.5. The van der Waals surface area contributed by atoms with Gasteiger partial charge in [0.1, 0.15) is 5.75 Å². The van der Waals surface area contributed by atoms with E-state index in [1.54, 1.807) is 4.57 Å². The molecule has 34 heavy (non-hydrogen) atoms. The molecule has 0 saturated carbocycles. The number of aryl methyl sites for hydroxylation is 1. The number of carbonyl (C=O) groups is 1. The second kappa shape index (κ2) is 12.2. The first-order valence-corrected chi connectivity index (χ1v) is 12.5. The summed E-state index contributed by atoms with van der Waals surface area (Å²) < 4.78 is 3.67. The van der Waals surface area contributed by atoms with Crippen molar-refractivity contribution in [1.82, 2.24) is 9.13 Å². The van der Waals surface area contributed by atoms with Crippen molar-refractivity contribution in [2.45, 2.75) is 111 Å². The zero-order valence-electron chi connectivity index (χ0n) is 22.5. The van der Waals surface area contributed by atoms with Crippen LogP contribution in [0.3, 0.4) is 0 Å². The van der Waals surface area contributed by atoms with Crippen molar-refractivity contribution in [3.05, 3.63) is 46.8 Å². The summed E-state index contributed by atoms with van der Waals surface area (Å²) in [5.41, 5.74) is 1.94. The van der Waals surface area contributed by atoms with Crippen LogP contribution in [0.2, 0.25) is 0 Å². The number of benzene rings is 1.